The van der Waals surface area contributed by atoms with Crippen LogP contribution in [0.1, 0.15) is 0 Å². The van der Waals surface area contributed by atoms with Gasteiger partial charge in [0.25, 0.3) is 0 Å². The first-order chi connectivity index (χ1) is 9.97. The van der Waals surface area contributed by atoms with E-state index in [1.807, 2.05) is 14.1 Å². The van der Waals surface area contributed by atoms with Crippen LogP contribution in [0.15, 0.2) is 12.4 Å². The Morgan fingerprint density at radius 2 is 2.10 bits per heavy atom. The zero-order chi connectivity index (χ0) is 15.8. The van der Waals surface area contributed by atoms with E-state index in [2.05, 4.69) is 9.97 Å². The number of likely N-dealkylation sites (N-methyl/N-ethyl adjacent to an activating group) is 1. The van der Waals surface area contributed by atoms with Crippen molar-refractivity contribution in [2.75, 3.05) is 46.2 Å². The van der Waals surface area contributed by atoms with Crippen LogP contribution in [0.4, 0.5) is 5.82 Å². The number of hydrogen-bond donors (Lipinski definition) is 0. The summed E-state index contributed by atoms with van der Waals surface area (Å²) in [6.45, 7) is 0.141. The molecule has 0 bridgehead atoms. The monoisotopic (exact) mass is 294 g/mol. The van der Waals surface area contributed by atoms with Crippen LogP contribution in [-0.4, -0.2) is 75.6 Å². The molecule has 0 spiro atoms. The molecule has 1 rings (SSSR count). The first-order valence-corrected chi connectivity index (χ1v) is 6.31. The Balaban J connectivity index is 2.72. The maximum absolute atomic E-state index is 11.8. The number of rotatable bonds is 8. The van der Waals surface area contributed by atoms with Gasteiger partial charge in [0.05, 0.1) is 19.3 Å². The highest BCUT2D eigenvalue weighted by Gasteiger charge is 2.28. The Morgan fingerprint density at radius 3 is 2.67 bits per heavy atom. The van der Waals surface area contributed by atoms with Gasteiger partial charge in [0.15, 0.2) is 0 Å². The van der Waals surface area contributed by atoms with Gasteiger partial charge in [-0.25, -0.2) is 4.98 Å². The summed E-state index contributed by atoms with van der Waals surface area (Å²) in [6.07, 6.45) is 3.78. The predicted molar refractivity (Wildman–Crippen MR) is 78.4 cm³/mol. The van der Waals surface area contributed by atoms with Crippen molar-refractivity contribution in [1.82, 2.24) is 14.9 Å². The molecule has 0 N–H and O–H groups in total. The summed E-state index contributed by atoms with van der Waals surface area (Å²) in [4.78, 5) is 33.8. The van der Waals surface area contributed by atoms with Crippen LogP contribution in [0.5, 0.6) is 0 Å². The van der Waals surface area contributed by atoms with Crippen LogP contribution in [0, 0.1) is 0 Å². The molecule has 0 unspecified atom stereocenters. The lowest BCUT2D eigenvalue weighted by molar-refractivity contribution is -0.136. The Morgan fingerprint density at radius 1 is 1.38 bits per heavy atom. The molecule has 1 aromatic rings. The van der Waals surface area contributed by atoms with Crippen molar-refractivity contribution < 1.29 is 18.9 Å². The molecule has 0 saturated heterocycles. The predicted octanol–water partition coefficient (Wildman–Crippen LogP) is -1.44. The molecule has 0 aliphatic heterocycles. The number of anilines is 1. The van der Waals surface area contributed by atoms with E-state index >= 15 is 0 Å². The fourth-order valence-electron chi connectivity index (χ4n) is 1.50. The molecule has 0 saturated carbocycles. The smallest absolute Gasteiger partial charge is 0.504 e. The number of aromatic nitrogens is 2. The molecule has 0 aromatic carbocycles. The second-order valence-corrected chi connectivity index (χ2v) is 4.62. The first-order valence-electron chi connectivity index (χ1n) is 6.31. The van der Waals surface area contributed by atoms with E-state index in [4.69, 9.17) is 9.31 Å². The normalized spacial score (nSPS) is 10.3. The van der Waals surface area contributed by atoms with E-state index in [-0.39, 0.29) is 13.1 Å². The molecule has 21 heavy (non-hydrogen) atoms. The van der Waals surface area contributed by atoms with Crippen LogP contribution in [0.3, 0.4) is 0 Å². The van der Waals surface area contributed by atoms with Crippen molar-refractivity contribution in [1.29, 1.82) is 0 Å². The number of nitrogens with zero attached hydrogens (tertiary/aromatic N) is 4. The fourth-order valence-corrected chi connectivity index (χ4v) is 1.50. The van der Waals surface area contributed by atoms with Crippen molar-refractivity contribution in [2.45, 2.75) is 0 Å². The summed E-state index contributed by atoms with van der Waals surface area (Å²) in [7, 11) is 5.78. The minimum Gasteiger partial charge on any atom is -0.504 e. The summed E-state index contributed by atoms with van der Waals surface area (Å²) in [5.74, 6) is 0.118. The van der Waals surface area contributed by atoms with Crippen molar-refractivity contribution in [3.63, 3.8) is 0 Å². The second kappa shape index (κ2) is 8.33. The highest BCUT2D eigenvalue weighted by molar-refractivity contribution is 6.61. The van der Waals surface area contributed by atoms with E-state index in [1.54, 1.807) is 18.1 Å². The molecule has 1 heterocycles. The Hall–Kier alpha value is -2.00. The summed E-state index contributed by atoms with van der Waals surface area (Å²) in [6, 6.07) is 0. The highest BCUT2D eigenvalue weighted by Crippen LogP contribution is 2.01. The molecule has 1 aromatic heterocycles. The average molecular weight is 294 g/mol. The van der Waals surface area contributed by atoms with Gasteiger partial charge >= 0.3 is 13.1 Å². The molecule has 0 radical (unpaired) electrons. The van der Waals surface area contributed by atoms with Crippen LogP contribution in [0.25, 0.3) is 0 Å². The molecule has 0 fully saturated rings. The molecule has 114 valence electrons. The van der Waals surface area contributed by atoms with E-state index < -0.39 is 13.1 Å². The molecule has 0 aliphatic rings. The standard InChI is InChI=1S/C12H19BN4O4/c1-16(2)11-8-14-7-10(15-11)13(20-4)21-12(19)9-17(3)5-6-18/h6-8H,5,9H2,1-4H3. The van der Waals surface area contributed by atoms with Crippen molar-refractivity contribution in [2.24, 2.45) is 0 Å². The molecule has 0 atom stereocenters. The highest BCUT2D eigenvalue weighted by atomic mass is 16.6. The van der Waals surface area contributed by atoms with Crippen LogP contribution < -0.4 is 10.5 Å². The number of hydrogen-bond acceptors (Lipinski definition) is 8. The third kappa shape index (κ3) is 5.48. The van der Waals surface area contributed by atoms with Gasteiger partial charge in [0, 0.05) is 27.4 Å². The van der Waals surface area contributed by atoms with Gasteiger partial charge in [-0.05, 0) is 7.05 Å². The molecular formula is C12H19BN4O4. The molecule has 0 aliphatic carbocycles. The largest absolute Gasteiger partial charge is 0.585 e. The third-order valence-corrected chi connectivity index (χ3v) is 2.58. The van der Waals surface area contributed by atoms with Gasteiger partial charge in [-0.1, -0.05) is 0 Å². The Labute approximate surface area is 124 Å². The topological polar surface area (TPSA) is 84.9 Å². The number of carbonyl (C=O) groups is 2. The summed E-state index contributed by atoms with van der Waals surface area (Å²) < 4.78 is 10.3. The fraction of sp³-hybridized carbons (Fsp3) is 0.500. The van der Waals surface area contributed by atoms with Gasteiger partial charge in [0.1, 0.15) is 17.7 Å². The van der Waals surface area contributed by atoms with E-state index in [0.717, 1.165) is 0 Å². The van der Waals surface area contributed by atoms with Crippen molar-refractivity contribution in [3.8, 4) is 0 Å². The molecule has 8 nitrogen and oxygen atoms in total. The molecule has 0 amide bonds. The molecule has 9 heteroatoms. The van der Waals surface area contributed by atoms with Gasteiger partial charge < -0.3 is 19.0 Å². The second-order valence-electron chi connectivity index (χ2n) is 4.62. The van der Waals surface area contributed by atoms with Crippen LogP contribution in [-0.2, 0) is 18.9 Å². The van der Waals surface area contributed by atoms with Crippen LogP contribution >= 0.6 is 0 Å². The Kier molecular flexibility index (Phi) is 6.76. The van der Waals surface area contributed by atoms with Crippen molar-refractivity contribution >= 4 is 30.8 Å². The summed E-state index contributed by atoms with van der Waals surface area (Å²) >= 11 is 0. The average Bonchev–Trinajstić information content (AvgIpc) is 2.45. The van der Waals surface area contributed by atoms with Gasteiger partial charge in [-0.2, -0.15) is 0 Å². The Bertz CT molecular complexity index is 486. The zero-order valence-corrected chi connectivity index (χ0v) is 12.6. The first kappa shape index (κ1) is 17.1. The van der Waals surface area contributed by atoms with Crippen LogP contribution in [0.2, 0.25) is 0 Å². The minimum absolute atomic E-state index is 0.0145. The maximum atomic E-state index is 11.8. The molecular weight excluding hydrogens is 275 g/mol. The van der Waals surface area contributed by atoms with Gasteiger partial charge in [-0.3, -0.25) is 14.7 Å². The summed E-state index contributed by atoms with van der Waals surface area (Å²) in [5.41, 5.74) is 0.398. The van der Waals surface area contributed by atoms with Gasteiger partial charge in [-0.15, -0.1) is 0 Å². The van der Waals surface area contributed by atoms with E-state index in [9.17, 15) is 9.59 Å². The summed E-state index contributed by atoms with van der Waals surface area (Å²) in [5, 5.41) is 0. The van der Waals surface area contributed by atoms with Gasteiger partial charge in [0.2, 0.25) is 0 Å². The quantitative estimate of drug-likeness (QED) is 0.425. The number of carbonyl (C=O) groups excluding carboxylic acids is 2. The number of aldehydes is 1. The minimum atomic E-state index is -0.936. The van der Waals surface area contributed by atoms with E-state index in [1.165, 1.54) is 18.2 Å². The maximum Gasteiger partial charge on any atom is 0.585 e. The van der Waals surface area contributed by atoms with E-state index in [0.29, 0.717) is 17.7 Å². The lowest BCUT2D eigenvalue weighted by Gasteiger charge is -2.16. The SMILES string of the molecule is COB(OC(=O)CN(C)CC=O)c1cncc(N(C)C)n1. The third-order valence-electron chi connectivity index (χ3n) is 2.58. The van der Waals surface area contributed by atoms with Crippen molar-refractivity contribution in [3.05, 3.63) is 12.4 Å². The lowest BCUT2D eigenvalue weighted by Crippen LogP contribution is -2.43. The zero-order valence-electron chi connectivity index (χ0n) is 12.6. The lowest BCUT2D eigenvalue weighted by atomic mass is 9.85.